The van der Waals surface area contributed by atoms with E-state index in [4.69, 9.17) is 4.74 Å². The van der Waals surface area contributed by atoms with Crippen LogP contribution in [0.4, 0.5) is 0 Å². The maximum absolute atomic E-state index is 11.0. The second-order valence-corrected chi connectivity index (χ2v) is 6.48. The molecule has 25 heavy (non-hydrogen) atoms. The number of nitrogens with zero attached hydrogens (tertiary/aromatic N) is 2. The van der Waals surface area contributed by atoms with Crippen molar-refractivity contribution < 1.29 is 14.3 Å². The number of aliphatic imine (C=N–C) groups is 1. The third kappa shape index (κ3) is 11.6. The van der Waals surface area contributed by atoms with Gasteiger partial charge in [0.25, 0.3) is 0 Å². The predicted molar refractivity (Wildman–Crippen MR) is 113 cm³/mol. The van der Waals surface area contributed by atoms with Crippen LogP contribution in [-0.4, -0.2) is 64.3 Å². The van der Waals surface area contributed by atoms with E-state index in [1.165, 1.54) is 26.4 Å². The third-order valence-corrected chi connectivity index (χ3v) is 4.61. The van der Waals surface area contributed by atoms with Crippen molar-refractivity contribution in [3.05, 3.63) is 0 Å². The first-order chi connectivity index (χ1) is 11.7. The van der Waals surface area contributed by atoms with Crippen molar-refractivity contribution in [2.75, 3.05) is 47.5 Å². The van der Waals surface area contributed by atoms with Gasteiger partial charge in [0.15, 0.2) is 5.96 Å². The van der Waals surface area contributed by atoms with Crippen LogP contribution in [0.25, 0.3) is 0 Å². The Labute approximate surface area is 170 Å². The minimum absolute atomic E-state index is 0. The molecule has 0 amide bonds. The van der Waals surface area contributed by atoms with Crippen molar-refractivity contribution in [3.8, 4) is 0 Å². The zero-order valence-corrected chi connectivity index (χ0v) is 18.4. The van der Waals surface area contributed by atoms with Crippen molar-refractivity contribution in [3.63, 3.8) is 0 Å². The molecule has 6 nitrogen and oxygen atoms in total. The molecule has 0 spiro atoms. The van der Waals surface area contributed by atoms with Gasteiger partial charge in [0.1, 0.15) is 0 Å². The van der Waals surface area contributed by atoms with Gasteiger partial charge in [-0.1, -0.05) is 12.8 Å². The van der Waals surface area contributed by atoms with Gasteiger partial charge in [-0.15, -0.1) is 24.0 Å². The number of ether oxygens (including phenoxy) is 2. The molecule has 1 saturated heterocycles. The molecule has 0 unspecified atom stereocenters. The van der Waals surface area contributed by atoms with E-state index in [2.05, 4.69) is 27.0 Å². The molecule has 0 aromatic carbocycles. The molecule has 148 valence electrons. The summed E-state index contributed by atoms with van der Waals surface area (Å²) in [4.78, 5) is 17.6. The summed E-state index contributed by atoms with van der Waals surface area (Å²) in [5, 5.41) is 3.43. The number of unbranched alkanes of at least 4 members (excludes halogenated alkanes) is 3. The summed E-state index contributed by atoms with van der Waals surface area (Å²) in [6.45, 7) is 3.78. The lowest BCUT2D eigenvalue weighted by molar-refractivity contribution is -0.140. The number of rotatable bonds is 10. The van der Waals surface area contributed by atoms with E-state index in [1.54, 1.807) is 0 Å². The number of nitrogens with one attached hydrogen (secondary N) is 1. The van der Waals surface area contributed by atoms with Gasteiger partial charge in [-0.2, -0.15) is 0 Å². The molecule has 1 heterocycles. The number of esters is 1. The highest BCUT2D eigenvalue weighted by Crippen LogP contribution is 2.18. The fourth-order valence-electron chi connectivity index (χ4n) is 2.95. The first-order valence-corrected chi connectivity index (χ1v) is 9.23. The van der Waals surface area contributed by atoms with Crippen LogP contribution in [0, 0.1) is 5.92 Å². The van der Waals surface area contributed by atoms with Gasteiger partial charge in [-0.25, -0.2) is 0 Å². The average molecular weight is 469 g/mol. The number of methoxy groups -OCH3 is 1. The molecule has 7 heteroatoms. The molecule has 0 aromatic rings. The lowest BCUT2D eigenvalue weighted by Gasteiger charge is -2.26. The highest BCUT2D eigenvalue weighted by Gasteiger charge is 2.15. The van der Waals surface area contributed by atoms with Crippen LogP contribution >= 0.6 is 24.0 Å². The number of hydrogen-bond acceptors (Lipinski definition) is 4. The summed E-state index contributed by atoms with van der Waals surface area (Å²) >= 11 is 0. The van der Waals surface area contributed by atoms with Crippen molar-refractivity contribution in [2.45, 2.75) is 51.4 Å². The zero-order valence-electron chi connectivity index (χ0n) is 16.1. The molecule has 0 atom stereocenters. The molecule has 0 bridgehead atoms. The van der Waals surface area contributed by atoms with Crippen molar-refractivity contribution in [1.82, 2.24) is 10.2 Å². The second-order valence-electron chi connectivity index (χ2n) is 6.48. The number of hydrogen-bond donors (Lipinski definition) is 1. The predicted octanol–water partition coefficient (Wildman–Crippen LogP) is 3.05. The summed E-state index contributed by atoms with van der Waals surface area (Å²) in [5.41, 5.74) is 0. The van der Waals surface area contributed by atoms with Crippen LogP contribution < -0.4 is 5.32 Å². The van der Waals surface area contributed by atoms with E-state index in [9.17, 15) is 4.79 Å². The SMILES string of the molecule is CN=C(NCCCCCCC(=O)OC)N(C)CCC1CCOCC1.I. The van der Waals surface area contributed by atoms with Gasteiger partial charge in [0.2, 0.25) is 0 Å². The largest absolute Gasteiger partial charge is 0.469 e. The maximum atomic E-state index is 11.0. The van der Waals surface area contributed by atoms with Crippen LogP contribution in [0.5, 0.6) is 0 Å². The fraction of sp³-hybridized carbons (Fsp3) is 0.889. The van der Waals surface area contributed by atoms with Crippen LogP contribution in [0.1, 0.15) is 51.4 Å². The second kappa shape index (κ2) is 15.7. The Bertz CT molecular complexity index is 375. The highest BCUT2D eigenvalue weighted by molar-refractivity contribution is 14.0. The van der Waals surface area contributed by atoms with Gasteiger partial charge in [0.05, 0.1) is 7.11 Å². The van der Waals surface area contributed by atoms with Gasteiger partial charge in [-0.3, -0.25) is 9.79 Å². The smallest absolute Gasteiger partial charge is 0.305 e. The number of carbonyl (C=O) groups is 1. The van der Waals surface area contributed by atoms with Gasteiger partial charge in [0, 0.05) is 46.8 Å². The molecule has 0 aliphatic carbocycles. The van der Waals surface area contributed by atoms with E-state index in [-0.39, 0.29) is 29.9 Å². The van der Waals surface area contributed by atoms with Crippen LogP contribution in [0.2, 0.25) is 0 Å². The first-order valence-electron chi connectivity index (χ1n) is 9.23. The Morgan fingerprint density at radius 2 is 1.92 bits per heavy atom. The van der Waals surface area contributed by atoms with Crippen molar-refractivity contribution in [2.24, 2.45) is 10.9 Å². The standard InChI is InChI=1S/C18H35N3O3.HI/c1-19-18(20-12-7-5-4-6-8-17(22)23-3)21(2)13-9-16-10-14-24-15-11-16;/h16H,4-15H2,1-3H3,(H,19,20);1H. The topological polar surface area (TPSA) is 63.2 Å². The molecule has 1 aliphatic heterocycles. The monoisotopic (exact) mass is 469 g/mol. The first kappa shape index (κ1) is 24.4. The molecular formula is C18H36IN3O3. The molecule has 1 fully saturated rings. The Morgan fingerprint density at radius 3 is 2.56 bits per heavy atom. The van der Waals surface area contributed by atoms with E-state index >= 15 is 0 Å². The Kier molecular flexibility index (Phi) is 15.3. The molecule has 1 N–H and O–H groups in total. The average Bonchev–Trinajstić information content (AvgIpc) is 2.62. The summed E-state index contributed by atoms with van der Waals surface area (Å²) in [7, 11) is 5.38. The van der Waals surface area contributed by atoms with Crippen LogP contribution in [0.15, 0.2) is 4.99 Å². The number of halogens is 1. The quantitative estimate of drug-likeness (QED) is 0.175. The lowest BCUT2D eigenvalue weighted by atomic mass is 9.96. The Balaban J connectivity index is 0.00000576. The molecule has 1 aliphatic rings. The summed E-state index contributed by atoms with van der Waals surface area (Å²) in [5.74, 6) is 1.64. The lowest BCUT2D eigenvalue weighted by Crippen LogP contribution is -2.40. The molecular weight excluding hydrogens is 433 g/mol. The molecule has 0 radical (unpaired) electrons. The van der Waals surface area contributed by atoms with Gasteiger partial charge < -0.3 is 19.7 Å². The summed E-state index contributed by atoms with van der Waals surface area (Å²) in [6.07, 6.45) is 8.29. The van der Waals surface area contributed by atoms with E-state index in [0.717, 1.165) is 63.9 Å². The van der Waals surface area contributed by atoms with Gasteiger partial charge in [-0.05, 0) is 38.0 Å². The normalized spacial score (nSPS) is 15.4. The molecule has 0 saturated carbocycles. The van der Waals surface area contributed by atoms with Crippen molar-refractivity contribution >= 4 is 35.9 Å². The molecule has 0 aromatic heterocycles. The zero-order chi connectivity index (χ0) is 17.6. The van der Waals surface area contributed by atoms with E-state index in [0.29, 0.717) is 6.42 Å². The summed E-state index contributed by atoms with van der Waals surface area (Å²) < 4.78 is 10.1. The Hall–Kier alpha value is -0.570. The van der Waals surface area contributed by atoms with E-state index < -0.39 is 0 Å². The fourth-order valence-corrected chi connectivity index (χ4v) is 2.95. The van der Waals surface area contributed by atoms with Crippen LogP contribution in [-0.2, 0) is 14.3 Å². The maximum Gasteiger partial charge on any atom is 0.305 e. The number of guanidine groups is 1. The summed E-state index contributed by atoms with van der Waals surface area (Å²) in [6, 6.07) is 0. The Morgan fingerprint density at radius 1 is 1.24 bits per heavy atom. The minimum atomic E-state index is -0.111. The molecule has 1 rings (SSSR count). The third-order valence-electron chi connectivity index (χ3n) is 4.61. The highest BCUT2D eigenvalue weighted by atomic mass is 127. The van der Waals surface area contributed by atoms with Crippen LogP contribution in [0.3, 0.4) is 0 Å². The van der Waals surface area contributed by atoms with Gasteiger partial charge >= 0.3 is 5.97 Å². The van der Waals surface area contributed by atoms with Crippen molar-refractivity contribution in [1.29, 1.82) is 0 Å². The van der Waals surface area contributed by atoms with E-state index in [1.807, 2.05) is 7.05 Å². The number of carbonyl (C=O) groups excluding carboxylic acids is 1. The minimum Gasteiger partial charge on any atom is -0.469 e.